The van der Waals surface area contributed by atoms with E-state index in [9.17, 15) is 9.59 Å². The quantitative estimate of drug-likeness (QED) is 0.432. The van der Waals surface area contributed by atoms with Gasteiger partial charge in [0.1, 0.15) is 15.7 Å². The molecule has 28 heavy (non-hydrogen) atoms. The predicted octanol–water partition coefficient (Wildman–Crippen LogP) is 3.95. The van der Waals surface area contributed by atoms with Crippen LogP contribution in [0.3, 0.4) is 0 Å². The van der Waals surface area contributed by atoms with Crippen LogP contribution < -0.4 is 5.32 Å². The highest BCUT2D eigenvalue weighted by Crippen LogP contribution is 2.35. The maximum Gasteiger partial charge on any atom is 0.316 e. The second-order valence-electron chi connectivity index (χ2n) is 7.42. The predicted molar refractivity (Wildman–Crippen MR) is 113 cm³/mol. The van der Waals surface area contributed by atoms with Crippen molar-refractivity contribution in [2.45, 2.75) is 64.4 Å². The number of hydrogen-bond acceptors (Lipinski definition) is 7. The van der Waals surface area contributed by atoms with Crippen LogP contribution in [0.2, 0.25) is 0 Å². The lowest BCUT2D eigenvalue weighted by Gasteiger charge is -2.29. The number of aryl methyl sites for hydroxylation is 3. The first-order valence-corrected chi connectivity index (χ1v) is 11.5. The summed E-state index contributed by atoms with van der Waals surface area (Å²) >= 11 is 2.98. The van der Waals surface area contributed by atoms with Crippen molar-refractivity contribution < 1.29 is 14.3 Å². The summed E-state index contributed by atoms with van der Waals surface area (Å²) in [6, 6.07) is 0.191. The third-order valence-electron chi connectivity index (χ3n) is 5.26. The number of aromatic nitrogens is 2. The average Bonchev–Trinajstić information content (AvgIpc) is 2.93. The Morgan fingerprint density at radius 1 is 1.21 bits per heavy atom. The molecular formula is C20H27N3O3S2. The first-order valence-electron chi connectivity index (χ1n) is 9.67. The first-order chi connectivity index (χ1) is 13.3. The Kier molecular flexibility index (Phi) is 6.93. The summed E-state index contributed by atoms with van der Waals surface area (Å²) in [5, 5.41) is 4.80. The van der Waals surface area contributed by atoms with Crippen LogP contribution in [0.1, 0.15) is 48.9 Å². The van der Waals surface area contributed by atoms with Crippen molar-refractivity contribution in [2.75, 3.05) is 12.4 Å². The number of carbonyl (C=O) groups excluding carboxylic acids is 2. The van der Waals surface area contributed by atoms with E-state index in [1.54, 1.807) is 11.3 Å². The number of amides is 1. The smallest absolute Gasteiger partial charge is 0.316 e. The molecule has 1 amide bonds. The highest BCUT2D eigenvalue weighted by molar-refractivity contribution is 8.00. The van der Waals surface area contributed by atoms with Crippen molar-refractivity contribution in [3.63, 3.8) is 0 Å². The molecule has 1 N–H and O–H groups in total. The zero-order chi connectivity index (χ0) is 20.3. The number of carbonyl (C=O) groups is 2. The molecule has 2 atom stereocenters. The van der Waals surface area contributed by atoms with Crippen LogP contribution in [-0.2, 0) is 14.3 Å². The van der Waals surface area contributed by atoms with Crippen LogP contribution in [0.4, 0.5) is 0 Å². The summed E-state index contributed by atoms with van der Waals surface area (Å²) in [6.45, 7) is 7.89. The van der Waals surface area contributed by atoms with Gasteiger partial charge in [-0.25, -0.2) is 9.97 Å². The van der Waals surface area contributed by atoms with E-state index in [-0.39, 0.29) is 24.3 Å². The summed E-state index contributed by atoms with van der Waals surface area (Å²) in [5.41, 5.74) is 1.15. The maximum absolute atomic E-state index is 12.1. The lowest BCUT2D eigenvalue weighted by molar-refractivity contribution is -0.146. The molecule has 0 radical (unpaired) electrons. The van der Waals surface area contributed by atoms with Crippen molar-refractivity contribution in [2.24, 2.45) is 5.92 Å². The number of hydrogen-bond donors (Lipinski definition) is 1. The summed E-state index contributed by atoms with van der Waals surface area (Å²) in [7, 11) is 0. The van der Waals surface area contributed by atoms with Gasteiger partial charge < -0.3 is 10.1 Å². The number of thiophene rings is 1. The van der Waals surface area contributed by atoms with E-state index in [4.69, 9.17) is 4.74 Å². The van der Waals surface area contributed by atoms with Gasteiger partial charge in [0, 0.05) is 16.3 Å². The van der Waals surface area contributed by atoms with Crippen molar-refractivity contribution >= 4 is 45.2 Å². The van der Waals surface area contributed by atoms with E-state index in [0.29, 0.717) is 11.7 Å². The fraction of sp³-hybridized carbons (Fsp3) is 0.600. The van der Waals surface area contributed by atoms with Gasteiger partial charge in [-0.15, -0.1) is 11.3 Å². The number of esters is 1. The van der Waals surface area contributed by atoms with E-state index in [1.807, 2.05) is 13.8 Å². The average molecular weight is 422 g/mol. The second-order valence-corrected chi connectivity index (χ2v) is 9.59. The number of ether oxygens (including phenoxy) is 1. The van der Waals surface area contributed by atoms with E-state index < -0.39 is 5.97 Å². The van der Waals surface area contributed by atoms with E-state index in [1.165, 1.54) is 23.1 Å². The Hall–Kier alpha value is -1.67. The molecule has 3 rings (SSSR count). The second kappa shape index (κ2) is 9.22. The standard InChI is InChI=1S/C20H27N3O3S2/c1-11-7-5-6-8-15(11)23-16(24)9-26-17(25)10-27-19-18-12(2)13(3)28-20(18)22-14(4)21-19/h11,15H,5-10H2,1-4H3,(H,23,24)/t11-,15+/m1/s1. The van der Waals surface area contributed by atoms with Gasteiger partial charge in [-0.3, -0.25) is 9.59 Å². The van der Waals surface area contributed by atoms with Crippen LogP contribution in [0.25, 0.3) is 10.2 Å². The minimum absolute atomic E-state index is 0.118. The number of rotatable bonds is 6. The van der Waals surface area contributed by atoms with Gasteiger partial charge >= 0.3 is 5.97 Å². The number of thioether (sulfide) groups is 1. The van der Waals surface area contributed by atoms with Crippen molar-refractivity contribution in [1.82, 2.24) is 15.3 Å². The van der Waals surface area contributed by atoms with Gasteiger partial charge in [-0.05, 0) is 45.1 Å². The molecule has 2 aromatic heterocycles. The molecule has 1 fully saturated rings. The first kappa shape index (κ1) is 21.0. The summed E-state index contributed by atoms with van der Waals surface area (Å²) < 4.78 is 5.17. The Morgan fingerprint density at radius 3 is 2.71 bits per heavy atom. The van der Waals surface area contributed by atoms with Crippen molar-refractivity contribution in [3.8, 4) is 0 Å². The molecule has 0 aromatic carbocycles. The molecule has 2 aromatic rings. The molecule has 1 aliphatic rings. The molecule has 152 valence electrons. The lowest BCUT2D eigenvalue weighted by atomic mass is 9.86. The van der Waals surface area contributed by atoms with Gasteiger partial charge in [0.2, 0.25) is 0 Å². The minimum atomic E-state index is -0.411. The Balaban J connectivity index is 1.52. The molecule has 0 bridgehead atoms. The minimum Gasteiger partial charge on any atom is -0.455 e. The molecule has 0 saturated heterocycles. The number of fused-ring (bicyclic) bond motifs is 1. The van der Waals surface area contributed by atoms with Crippen LogP contribution >= 0.6 is 23.1 Å². The largest absolute Gasteiger partial charge is 0.455 e. The molecule has 6 nitrogen and oxygen atoms in total. The topological polar surface area (TPSA) is 81.2 Å². The summed E-state index contributed by atoms with van der Waals surface area (Å²) in [5.74, 6) is 0.648. The van der Waals surface area contributed by atoms with Crippen LogP contribution in [-0.4, -0.2) is 40.2 Å². The van der Waals surface area contributed by atoms with Crippen LogP contribution in [0.5, 0.6) is 0 Å². The maximum atomic E-state index is 12.1. The fourth-order valence-electron chi connectivity index (χ4n) is 3.51. The molecular weight excluding hydrogens is 394 g/mol. The highest BCUT2D eigenvalue weighted by atomic mass is 32.2. The third-order valence-corrected chi connectivity index (χ3v) is 7.31. The fourth-order valence-corrected chi connectivity index (χ4v) is 5.58. The van der Waals surface area contributed by atoms with E-state index >= 15 is 0 Å². The number of nitrogens with zero attached hydrogens (tertiary/aromatic N) is 2. The van der Waals surface area contributed by atoms with Crippen molar-refractivity contribution in [1.29, 1.82) is 0 Å². The van der Waals surface area contributed by atoms with Gasteiger partial charge in [0.25, 0.3) is 5.91 Å². The normalized spacial score (nSPS) is 19.6. The zero-order valence-corrected chi connectivity index (χ0v) is 18.5. The molecule has 1 saturated carbocycles. The summed E-state index contributed by atoms with van der Waals surface area (Å²) in [6.07, 6.45) is 4.49. The van der Waals surface area contributed by atoms with Gasteiger partial charge in [0.15, 0.2) is 6.61 Å². The third kappa shape index (κ3) is 5.03. The molecule has 0 aliphatic heterocycles. The molecule has 0 spiro atoms. The number of nitrogens with one attached hydrogen (secondary N) is 1. The molecule has 8 heteroatoms. The Bertz CT molecular complexity index is 881. The Morgan fingerprint density at radius 2 is 1.96 bits per heavy atom. The van der Waals surface area contributed by atoms with Gasteiger partial charge in [-0.1, -0.05) is 31.5 Å². The Labute approximate surface area is 173 Å². The SMILES string of the molecule is Cc1nc(SCC(=O)OCC(=O)N[C@H]2CCCC[C@H]2C)c2c(C)c(C)sc2n1. The van der Waals surface area contributed by atoms with Crippen LogP contribution in [0.15, 0.2) is 5.03 Å². The zero-order valence-electron chi connectivity index (χ0n) is 16.8. The highest BCUT2D eigenvalue weighted by Gasteiger charge is 2.23. The van der Waals surface area contributed by atoms with Gasteiger partial charge in [-0.2, -0.15) is 0 Å². The summed E-state index contributed by atoms with van der Waals surface area (Å²) in [4.78, 5) is 35.3. The van der Waals surface area contributed by atoms with Crippen molar-refractivity contribution in [3.05, 3.63) is 16.3 Å². The molecule has 0 unspecified atom stereocenters. The molecule has 2 heterocycles. The monoisotopic (exact) mass is 421 g/mol. The van der Waals surface area contributed by atoms with Crippen LogP contribution in [0, 0.1) is 26.7 Å². The molecule has 1 aliphatic carbocycles. The van der Waals surface area contributed by atoms with E-state index in [2.05, 4.69) is 29.1 Å². The van der Waals surface area contributed by atoms with Gasteiger partial charge in [0.05, 0.1) is 5.75 Å². The lowest BCUT2D eigenvalue weighted by Crippen LogP contribution is -2.43. The van der Waals surface area contributed by atoms with E-state index in [0.717, 1.165) is 40.1 Å².